The lowest BCUT2D eigenvalue weighted by Gasteiger charge is -2.27. The summed E-state index contributed by atoms with van der Waals surface area (Å²) >= 11 is 1.11. The van der Waals surface area contributed by atoms with Gasteiger partial charge in [-0.25, -0.2) is 18.2 Å². The van der Waals surface area contributed by atoms with Crippen molar-refractivity contribution in [1.82, 2.24) is 10.3 Å². The van der Waals surface area contributed by atoms with Gasteiger partial charge >= 0.3 is 5.97 Å². The van der Waals surface area contributed by atoms with Crippen molar-refractivity contribution in [3.63, 3.8) is 0 Å². The average Bonchev–Trinajstić information content (AvgIpc) is 3.70. The van der Waals surface area contributed by atoms with Crippen LogP contribution in [-0.4, -0.2) is 54.8 Å². The molecule has 1 aromatic heterocycles. The maximum Gasteiger partial charge on any atom is 0.335 e. The van der Waals surface area contributed by atoms with Crippen molar-refractivity contribution in [1.29, 1.82) is 0 Å². The van der Waals surface area contributed by atoms with Gasteiger partial charge in [0.05, 0.1) is 28.0 Å². The lowest BCUT2D eigenvalue weighted by molar-refractivity contribution is -0.133. The number of hydrogen-bond donors (Lipinski definition) is 3. The molecule has 5 rings (SSSR count). The maximum absolute atomic E-state index is 13.4. The molecule has 1 unspecified atom stereocenters. The minimum atomic E-state index is -3.33. The molecule has 12 heteroatoms. The Morgan fingerprint density at radius 1 is 1.03 bits per heavy atom. The molecule has 10 nitrogen and oxygen atoms in total. The van der Waals surface area contributed by atoms with Crippen molar-refractivity contribution in [3.8, 4) is 10.8 Å². The highest BCUT2D eigenvalue weighted by Gasteiger charge is 2.37. The molecule has 0 bridgehead atoms. The summed E-state index contributed by atoms with van der Waals surface area (Å²) in [5.41, 5.74) is 0.704. The Hall–Kier alpha value is -3.32. The van der Waals surface area contributed by atoms with E-state index >= 15 is 0 Å². The number of carboxylic acid groups (broad SMARTS) is 1. The fourth-order valence-corrected chi connectivity index (χ4v) is 6.48. The second-order valence-electron chi connectivity index (χ2n) is 9.18. The highest BCUT2D eigenvalue weighted by Crippen LogP contribution is 2.35. The molecule has 2 aliphatic rings. The minimum Gasteiger partial charge on any atom is -0.478 e. The molecule has 1 aliphatic heterocycles. The van der Waals surface area contributed by atoms with Crippen LogP contribution in [0, 0.1) is 0 Å². The average molecular weight is 558 g/mol. The van der Waals surface area contributed by atoms with Gasteiger partial charge in [-0.1, -0.05) is 23.5 Å². The molecule has 0 radical (unpaired) electrons. The first-order chi connectivity index (χ1) is 18.3. The number of aromatic nitrogens is 1. The largest absolute Gasteiger partial charge is 0.478 e. The van der Waals surface area contributed by atoms with Crippen molar-refractivity contribution in [2.75, 3.05) is 18.4 Å². The Bertz CT molecular complexity index is 1400. The van der Waals surface area contributed by atoms with Gasteiger partial charge in [-0.2, -0.15) is 0 Å². The molecule has 3 N–H and O–H groups in total. The van der Waals surface area contributed by atoms with Crippen molar-refractivity contribution in [3.05, 3.63) is 65.9 Å². The van der Waals surface area contributed by atoms with E-state index in [1.165, 1.54) is 30.5 Å². The number of nitrogens with one attached hydrogen (secondary N) is 2. The summed E-state index contributed by atoms with van der Waals surface area (Å²) in [6.45, 7) is 1.58. The molecular weight excluding hydrogens is 530 g/mol. The Morgan fingerprint density at radius 2 is 1.71 bits per heavy atom. The number of hydrogen-bond acceptors (Lipinski definition) is 9. The summed E-state index contributed by atoms with van der Waals surface area (Å²) in [5.74, 6) is -1.02. The first-order valence-corrected chi connectivity index (χ1v) is 14.6. The minimum absolute atomic E-state index is 0.120. The number of benzene rings is 2. The summed E-state index contributed by atoms with van der Waals surface area (Å²) < 4.78 is 37.1. The van der Waals surface area contributed by atoms with Crippen molar-refractivity contribution < 1.29 is 32.6 Å². The lowest BCUT2D eigenvalue weighted by atomic mass is 10.1. The van der Waals surface area contributed by atoms with E-state index in [1.54, 1.807) is 24.3 Å². The number of piperidine rings is 1. The van der Waals surface area contributed by atoms with Gasteiger partial charge in [-0.05, 0) is 80.7 Å². The number of amides is 1. The monoisotopic (exact) mass is 557 g/mol. The number of nitrogens with zero attached hydrogens (tertiary/aromatic N) is 1. The molecule has 1 atom stereocenters. The predicted molar refractivity (Wildman–Crippen MR) is 141 cm³/mol. The summed E-state index contributed by atoms with van der Waals surface area (Å²) in [6, 6.07) is 12.3. The van der Waals surface area contributed by atoms with E-state index in [2.05, 4.69) is 15.6 Å². The fourth-order valence-electron chi connectivity index (χ4n) is 4.14. The topological polar surface area (TPSA) is 144 Å². The van der Waals surface area contributed by atoms with Crippen LogP contribution in [-0.2, 0) is 19.4 Å². The first kappa shape index (κ1) is 26.3. The van der Waals surface area contributed by atoms with E-state index < -0.39 is 27.8 Å². The summed E-state index contributed by atoms with van der Waals surface area (Å²) in [5, 5.41) is 15.5. The number of aromatic carboxylic acids is 1. The number of carbonyl (C=O) groups is 2. The Labute approximate surface area is 223 Å². The van der Waals surface area contributed by atoms with Crippen LogP contribution in [0.5, 0.6) is 10.8 Å². The lowest BCUT2D eigenvalue weighted by Crippen LogP contribution is -2.35. The van der Waals surface area contributed by atoms with Gasteiger partial charge in [-0.15, -0.1) is 0 Å². The SMILES string of the molecule is O=C(O)c1ccc(Oc2cnc(NC(=O)C(OC3CCNCC3)c3ccc(S(=O)(=O)C4CC4)cc3)s2)cc1. The van der Waals surface area contributed by atoms with Gasteiger partial charge in [0.2, 0.25) is 5.06 Å². The quantitative estimate of drug-likeness (QED) is 0.337. The third-order valence-electron chi connectivity index (χ3n) is 6.36. The molecule has 2 heterocycles. The molecule has 200 valence electrons. The summed E-state index contributed by atoms with van der Waals surface area (Å²) in [7, 11) is -3.33. The van der Waals surface area contributed by atoms with Gasteiger partial charge in [0.1, 0.15) is 5.75 Å². The number of carboxylic acids is 1. The molecule has 1 amide bonds. The molecule has 2 fully saturated rings. The number of ether oxygens (including phenoxy) is 2. The third-order valence-corrected chi connectivity index (χ3v) is 9.43. The first-order valence-electron chi connectivity index (χ1n) is 12.3. The molecule has 2 aromatic carbocycles. The van der Waals surface area contributed by atoms with E-state index in [-0.39, 0.29) is 21.8 Å². The van der Waals surface area contributed by atoms with E-state index in [1.807, 2.05) is 0 Å². The van der Waals surface area contributed by atoms with E-state index in [4.69, 9.17) is 14.6 Å². The van der Waals surface area contributed by atoms with Crippen LogP contribution in [0.1, 0.15) is 47.7 Å². The number of sulfone groups is 1. The van der Waals surface area contributed by atoms with Crippen molar-refractivity contribution in [2.24, 2.45) is 0 Å². The molecule has 38 heavy (non-hydrogen) atoms. The zero-order chi connectivity index (χ0) is 26.7. The standard InChI is InChI=1S/C26H27N3O7S2/c30-24(29-26-28-15-22(37-26)35-18-5-1-17(2-6-18)25(31)32)23(36-19-11-13-27-14-12-19)16-3-7-20(8-4-16)38(33,34)21-9-10-21/h1-8,15,19,21,23,27H,9-14H2,(H,31,32)(H,28,29,30). The predicted octanol–water partition coefficient (Wildman–Crippen LogP) is 4.02. The molecule has 0 spiro atoms. The Balaban J connectivity index is 1.30. The number of anilines is 1. The van der Waals surface area contributed by atoms with Crippen molar-refractivity contribution >= 4 is 38.2 Å². The van der Waals surface area contributed by atoms with Gasteiger partial charge in [0.25, 0.3) is 5.91 Å². The number of rotatable bonds is 10. The van der Waals surface area contributed by atoms with Gasteiger partial charge in [-0.3, -0.25) is 10.1 Å². The van der Waals surface area contributed by atoms with Crippen LogP contribution in [0.15, 0.2) is 59.6 Å². The van der Waals surface area contributed by atoms with E-state index in [0.29, 0.717) is 34.3 Å². The van der Waals surface area contributed by atoms with Gasteiger partial charge in [0, 0.05) is 0 Å². The van der Waals surface area contributed by atoms with Crippen LogP contribution in [0.25, 0.3) is 0 Å². The second-order valence-corrected chi connectivity index (χ2v) is 12.4. The summed E-state index contributed by atoms with van der Waals surface area (Å²) in [6.07, 6.45) is 3.27. The van der Waals surface area contributed by atoms with Crippen molar-refractivity contribution in [2.45, 2.75) is 48.0 Å². The number of thiazole rings is 1. The zero-order valence-electron chi connectivity index (χ0n) is 20.3. The van der Waals surface area contributed by atoms with Gasteiger partial charge < -0.3 is 19.9 Å². The smallest absolute Gasteiger partial charge is 0.335 e. The molecule has 1 saturated carbocycles. The van der Waals surface area contributed by atoms with Crippen LogP contribution in [0.4, 0.5) is 5.13 Å². The van der Waals surface area contributed by atoms with Crippen LogP contribution in [0.3, 0.4) is 0 Å². The fraction of sp³-hybridized carbons (Fsp3) is 0.346. The summed E-state index contributed by atoms with van der Waals surface area (Å²) in [4.78, 5) is 28.8. The molecule has 1 aliphatic carbocycles. The molecular formula is C26H27N3O7S2. The van der Waals surface area contributed by atoms with Gasteiger partial charge in [0.15, 0.2) is 21.1 Å². The van der Waals surface area contributed by atoms with E-state index in [9.17, 15) is 18.0 Å². The highest BCUT2D eigenvalue weighted by molar-refractivity contribution is 7.92. The van der Waals surface area contributed by atoms with Crippen LogP contribution in [0.2, 0.25) is 0 Å². The van der Waals surface area contributed by atoms with Crippen LogP contribution < -0.4 is 15.4 Å². The third kappa shape index (κ3) is 6.21. The van der Waals surface area contributed by atoms with Crippen LogP contribution >= 0.6 is 11.3 Å². The molecule has 3 aromatic rings. The Kier molecular flexibility index (Phi) is 7.75. The number of carbonyl (C=O) groups excluding carboxylic acids is 1. The van der Waals surface area contributed by atoms with E-state index in [0.717, 1.165) is 37.3 Å². The normalized spacial score (nSPS) is 17.1. The second kappa shape index (κ2) is 11.2. The Morgan fingerprint density at radius 3 is 2.34 bits per heavy atom. The molecule has 1 saturated heterocycles. The highest BCUT2D eigenvalue weighted by atomic mass is 32.2. The maximum atomic E-state index is 13.4. The zero-order valence-corrected chi connectivity index (χ0v) is 22.0.